The van der Waals surface area contributed by atoms with Crippen LogP contribution in [-0.4, -0.2) is 0 Å². The lowest BCUT2D eigenvalue weighted by Gasteiger charge is -2.01. The van der Waals surface area contributed by atoms with Gasteiger partial charge < -0.3 is 0 Å². The molecule has 0 spiro atoms. The Kier molecular flexibility index (Phi) is 17.5. The largest absolute Gasteiger partial charge is 0.0885 e. The molecule has 0 atom stereocenters. The smallest absolute Gasteiger partial charge is 0.0351 e. The fourth-order valence-corrected chi connectivity index (χ4v) is 2.48. The zero-order valence-corrected chi connectivity index (χ0v) is 13.8. The Morgan fingerprint density at radius 1 is 0.421 bits per heavy atom. The standard InChI is InChI=1S/C19H38/c1-3-5-7-9-11-13-15-17-19-18-16-14-12-10-8-6-4-2/h9,11H,3-8,10,12-19H2,1-2H3/b11-9+. The summed E-state index contributed by atoms with van der Waals surface area (Å²) in [6.45, 7) is 4.55. The fourth-order valence-electron chi connectivity index (χ4n) is 2.48. The predicted octanol–water partition coefficient (Wildman–Crippen LogP) is 7.43. The first kappa shape index (κ1) is 18.7. The van der Waals surface area contributed by atoms with E-state index in [2.05, 4.69) is 26.0 Å². The highest BCUT2D eigenvalue weighted by atomic mass is 14.0. The summed E-state index contributed by atoms with van der Waals surface area (Å²) in [6.07, 6.45) is 25.9. The van der Waals surface area contributed by atoms with Gasteiger partial charge in [-0.15, -0.1) is 0 Å². The molecule has 0 aliphatic carbocycles. The molecule has 0 aromatic rings. The number of hydrogen-bond acceptors (Lipinski definition) is 0. The maximum atomic E-state index is 2.39. The Morgan fingerprint density at radius 2 is 0.789 bits per heavy atom. The minimum atomic E-state index is 1.29. The summed E-state index contributed by atoms with van der Waals surface area (Å²) in [7, 11) is 0. The number of hydrogen-bond donors (Lipinski definition) is 0. The fraction of sp³-hybridized carbons (Fsp3) is 0.895. The normalized spacial score (nSPS) is 11.5. The molecular formula is C19H38. The van der Waals surface area contributed by atoms with Crippen LogP contribution < -0.4 is 0 Å². The van der Waals surface area contributed by atoms with Crippen molar-refractivity contribution in [2.24, 2.45) is 0 Å². The predicted molar refractivity (Wildman–Crippen MR) is 89.7 cm³/mol. The highest BCUT2D eigenvalue weighted by Crippen LogP contribution is 2.12. The zero-order valence-electron chi connectivity index (χ0n) is 13.8. The Hall–Kier alpha value is -0.260. The maximum absolute atomic E-state index is 2.39. The zero-order chi connectivity index (χ0) is 14.0. The van der Waals surface area contributed by atoms with Crippen LogP contribution in [0.25, 0.3) is 0 Å². The van der Waals surface area contributed by atoms with Gasteiger partial charge in [-0.2, -0.15) is 0 Å². The van der Waals surface area contributed by atoms with Crippen molar-refractivity contribution in [3.8, 4) is 0 Å². The third-order valence-electron chi connectivity index (χ3n) is 3.87. The summed E-state index contributed by atoms with van der Waals surface area (Å²) < 4.78 is 0. The van der Waals surface area contributed by atoms with Crippen molar-refractivity contribution in [3.63, 3.8) is 0 Å². The van der Waals surface area contributed by atoms with Gasteiger partial charge in [0.1, 0.15) is 0 Å². The van der Waals surface area contributed by atoms with E-state index in [0.29, 0.717) is 0 Å². The van der Waals surface area contributed by atoms with Crippen molar-refractivity contribution in [1.82, 2.24) is 0 Å². The Bertz CT molecular complexity index is 169. The topological polar surface area (TPSA) is 0 Å². The number of unbranched alkanes of at least 4 members (excludes halogenated alkanes) is 13. The molecule has 0 bridgehead atoms. The van der Waals surface area contributed by atoms with Crippen LogP contribution in [0.3, 0.4) is 0 Å². The summed E-state index contributed by atoms with van der Waals surface area (Å²) in [5, 5.41) is 0. The van der Waals surface area contributed by atoms with E-state index in [-0.39, 0.29) is 0 Å². The van der Waals surface area contributed by atoms with E-state index < -0.39 is 0 Å². The quantitative estimate of drug-likeness (QED) is 0.213. The van der Waals surface area contributed by atoms with Crippen molar-refractivity contribution in [2.75, 3.05) is 0 Å². The molecule has 0 unspecified atom stereocenters. The molecule has 0 saturated carbocycles. The van der Waals surface area contributed by atoms with Crippen molar-refractivity contribution >= 4 is 0 Å². The summed E-state index contributed by atoms with van der Waals surface area (Å²) in [5.74, 6) is 0. The third-order valence-corrected chi connectivity index (χ3v) is 3.87. The lowest BCUT2D eigenvalue weighted by atomic mass is 10.1. The molecule has 0 aromatic carbocycles. The van der Waals surface area contributed by atoms with Crippen LogP contribution in [0.1, 0.15) is 110 Å². The molecule has 0 nitrogen and oxygen atoms in total. The van der Waals surface area contributed by atoms with E-state index in [1.807, 2.05) is 0 Å². The molecule has 0 N–H and O–H groups in total. The number of rotatable bonds is 15. The van der Waals surface area contributed by atoms with Gasteiger partial charge in [0.25, 0.3) is 0 Å². The van der Waals surface area contributed by atoms with Gasteiger partial charge >= 0.3 is 0 Å². The minimum absolute atomic E-state index is 1.29. The first-order valence-electron chi connectivity index (χ1n) is 9.06. The second-order valence-electron chi connectivity index (χ2n) is 5.94. The summed E-state index contributed by atoms with van der Waals surface area (Å²) in [4.78, 5) is 0. The second-order valence-corrected chi connectivity index (χ2v) is 5.94. The first-order chi connectivity index (χ1) is 9.41. The molecule has 0 aliphatic rings. The molecule has 0 heterocycles. The van der Waals surface area contributed by atoms with Crippen molar-refractivity contribution in [1.29, 1.82) is 0 Å². The molecule has 0 saturated heterocycles. The van der Waals surface area contributed by atoms with E-state index >= 15 is 0 Å². The van der Waals surface area contributed by atoms with Crippen LogP contribution in [0.4, 0.5) is 0 Å². The van der Waals surface area contributed by atoms with Gasteiger partial charge in [-0.3, -0.25) is 0 Å². The Morgan fingerprint density at radius 3 is 1.26 bits per heavy atom. The summed E-state index contributed by atoms with van der Waals surface area (Å²) >= 11 is 0. The van der Waals surface area contributed by atoms with Gasteiger partial charge in [-0.25, -0.2) is 0 Å². The van der Waals surface area contributed by atoms with Crippen LogP contribution in [0.15, 0.2) is 12.2 Å². The highest BCUT2D eigenvalue weighted by molar-refractivity contribution is 4.81. The molecule has 114 valence electrons. The highest BCUT2D eigenvalue weighted by Gasteiger charge is 1.92. The SMILES string of the molecule is CCCC/C=C/CCCCCCCCCCCCC. The summed E-state index contributed by atoms with van der Waals surface area (Å²) in [6, 6.07) is 0. The van der Waals surface area contributed by atoms with Gasteiger partial charge in [0, 0.05) is 0 Å². The Balaban J connectivity index is 2.97. The van der Waals surface area contributed by atoms with E-state index in [1.54, 1.807) is 0 Å². The van der Waals surface area contributed by atoms with E-state index in [0.717, 1.165) is 0 Å². The lowest BCUT2D eigenvalue weighted by Crippen LogP contribution is -1.82. The third kappa shape index (κ3) is 17.7. The van der Waals surface area contributed by atoms with Gasteiger partial charge in [0.2, 0.25) is 0 Å². The minimum Gasteiger partial charge on any atom is -0.0885 e. The van der Waals surface area contributed by atoms with Crippen LogP contribution >= 0.6 is 0 Å². The first-order valence-corrected chi connectivity index (χ1v) is 9.06. The Labute approximate surface area is 123 Å². The van der Waals surface area contributed by atoms with Crippen molar-refractivity contribution in [2.45, 2.75) is 110 Å². The van der Waals surface area contributed by atoms with E-state index in [1.165, 1.54) is 96.3 Å². The van der Waals surface area contributed by atoms with Gasteiger partial charge in [-0.05, 0) is 19.3 Å². The van der Waals surface area contributed by atoms with E-state index in [4.69, 9.17) is 0 Å². The second kappa shape index (κ2) is 17.7. The molecule has 0 radical (unpaired) electrons. The van der Waals surface area contributed by atoms with Crippen LogP contribution in [-0.2, 0) is 0 Å². The van der Waals surface area contributed by atoms with Gasteiger partial charge in [0.05, 0.1) is 0 Å². The number of allylic oxidation sites excluding steroid dienone is 2. The molecule has 0 heteroatoms. The van der Waals surface area contributed by atoms with Crippen LogP contribution in [0.5, 0.6) is 0 Å². The van der Waals surface area contributed by atoms with Gasteiger partial charge in [0.15, 0.2) is 0 Å². The molecule has 0 aromatic heterocycles. The van der Waals surface area contributed by atoms with Crippen molar-refractivity contribution in [3.05, 3.63) is 12.2 Å². The molecule has 0 fully saturated rings. The maximum Gasteiger partial charge on any atom is -0.0351 e. The van der Waals surface area contributed by atoms with Crippen LogP contribution in [0.2, 0.25) is 0 Å². The van der Waals surface area contributed by atoms with E-state index in [9.17, 15) is 0 Å². The molecular weight excluding hydrogens is 228 g/mol. The molecule has 0 aliphatic heterocycles. The molecule has 0 rings (SSSR count). The average Bonchev–Trinajstić information content (AvgIpc) is 2.43. The van der Waals surface area contributed by atoms with Crippen molar-refractivity contribution < 1.29 is 0 Å². The monoisotopic (exact) mass is 266 g/mol. The lowest BCUT2D eigenvalue weighted by molar-refractivity contribution is 0.550. The molecule has 0 amide bonds. The van der Waals surface area contributed by atoms with Gasteiger partial charge in [-0.1, -0.05) is 103 Å². The molecule has 19 heavy (non-hydrogen) atoms. The average molecular weight is 267 g/mol. The summed E-state index contributed by atoms with van der Waals surface area (Å²) in [5.41, 5.74) is 0. The van der Waals surface area contributed by atoms with Crippen LogP contribution in [0, 0.1) is 0 Å².